The number of nitrogens with two attached hydrogens (primary N) is 1. The van der Waals surface area contributed by atoms with Crippen LogP contribution >= 0.6 is 0 Å². The molecule has 0 aromatic heterocycles. The zero-order chi connectivity index (χ0) is 15.1. The van der Waals surface area contributed by atoms with Gasteiger partial charge in [-0.1, -0.05) is 30.3 Å². The van der Waals surface area contributed by atoms with Gasteiger partial charge >= 0.3 is 5.97 Å². The second-order valence-electron chi connectivity index (χ2n) is 4.81. The molecule has 4 heteroatoms. The highest BCUT2D eigenvalue weighted by molar-refractivity contribution is 5.69. The molecule has 21 heavy (non-hydrogen) atoms. The van der Waals surface area contributed by atoms with Gasteiger partial charge in [0.25, 0.3) is 0 Å². The Morgan fingerprint density at radius 1 is 1.10 bits per heavy atom. The van der Waals surface area contributed by atoms with E-state index in [-0.39, 0.29) is 18.4 Å². The summed E-state index contributed by atoms with van der Waals surface area (Å²) >= 11 is 0. The molecule has 4 nitrogen and oxygen atoms in total. The minimum absolute atomic E-state index is 0.209. The van der Waals surface area contributed by atoms with Crippen molar-refractivity contribution in [2.75, 3.05) is 7.11 Å². The summed E-state index contributed by atoms with van der Waals surface area (Å²) in [5.74, 6) is 1.25. The summed E-state index contributed by atoms with van der Waals surface area (Å²) in [4.78, 5) is 11.2. The summed E-state index contributed by atoms with van der Waals surface area (Å²) in [6.45, 7) is 0. The fraction of sp³-hybridized carbons (Fsp3) is 0.235. The molecule has 0 aliphatic rings. The molecule has 2 N–H and O–H groups in total. The molecular formula is C17H19NO3. The van der Waals surface area contributed by atoms with Gasteiger partial charge in [0, 0.05) is 6.04 Å². The molecule has 0 spiro atoms. The Hall–Kier alpha value is -2.33. The van der Waals surface area contributed by atoms with Crippen LogP contribution in [0.4, 0.5) is 0 Å². The number of esters is 1. The standard InChI is InChI=1S/C17H19NO3/c1-20-17(19)12-14(18)10-13-6-5-9-16(11-13)21-15-7-3-2-4-8-15/h2-9,11,14H,10,12,18H2,1H3. The minimum atomic E-state index is -0.292. The Labute approximate surface area is 124 Å². The van der Waals surface area contributed by atoms with Gasteiger partial charge in [0.15, 0.2) is 0 Å². The van der Waals surface area contributed by atoms with E-state index >= 15 is 0 Å². The van der Waals surface area contributed by atoms with Crippen molar-refractivity contribution in [3.05, 3.63) is 60.2 Å². The second kappa shape index (κ2) is 7.45. The van der Waals surface area contributed by atoms with E-state index in [0.717, 1.165) is 17.1 Å². The number of carbonyl (C=O) groups excluding carboxylic acids is 1. The van der Waals surface area contributed by atoms with E-state index in [1.807, 2.05) is 54.6 Å². The molecule has 0 heterocycles. The van der Waals surface area contributed by atoms with Crippen LogP contribution in [0.15, 0.2) is 54.6 Å². The van der Waals surface area contributed by atoms with Crippen molar-refractivity contribution in [1.29, 1.82) is 0 Å². The van der Waals surface area contributed by atoms with Gasteiger partial charge in [-0.3, -0.25) is 4.79 Å². The lowest BCUT2D eigenvalue weighted by atomic mass is 10.0. The molecule has 1 atom stereocenters. The van der Waals surface area contributed by atoms with Crippen molar-refractivity contribution in [3.8, 4) is 11.5 Å². The molecule has 0 bridgehead atoms. The van der Waals surface area contributed by atoms with Gasteiger partial charge in [0.2, 0.25) is 0 Å². The molecule has 2 aromatic rings. The van der Waals surface area contributed by atoms with Crippen LogP contribution in [0.5, 0.6) is 11.5 Å². The van der Waals surface area contributed by atoms with E-state index in [9.17, 15) is 4.79 Å². The van der Waals surface area contributed by atoms with E-state index in [1.54, 1.807) is 0 Å². The Kier molecular flexibility index (Phi) is 5.35. The highest BCUT2D eigenvalue weighted by Gasteiger charge is 2.10. The average molecular weight is 285 g/mol. The Morgan fingerprint density at radius 2 is 1.81 bits per heavy atom. The zero-order valence-corrected chi connectivity index (χ0v) is 12.0. The van der Waals surface area contributed by atoms with Crippen molar-refractivity contribution < 1.29 is 14.3 Å². The lowest BCUT2D eigenvalue weighted by Crippen LogP contribution is -2.26. The van der Waals surface area contributed by atoms with Crippen LogP contribution < -0.4 is 10.5 Å². The number of hydrogen-bond acceptors (Lipinski definition) is 4. The van der Waals surface area contributed by atoms with Crippen molar-refractivity contribution in [3.63, 3.8) is 0 Å². The first-order valence-electron chi connectivity index (χ1n) is 6.81. The fourth-order valence-corrected chi connectivity index (χ4v) is 2.03. The van der Waals surface area contributed by atoms with Crippen molar-refractivity contribution in [2.45, 2.75) is 18.9 Å². The maximum absolute atomic E-state index is 11.2. The number of hydrogen-bond donors (Lipinski definition) is 1. The van der Waals surface area contributed by atoms with Gasteiger partial charge in [-0.05, 0) is 36.2 Å². The van der Waals surface area contributed by atoms with E-state index in [4.69, 9.17) is 10.5 Å². The first kappa shape index (κ1) is 15.1. The first-order chi connectivity index (χ1) is 10.2. The smallest absolute Gasteiger partial charge is 0.307 e. The summed E-state index contributed by atoms with van der Waals surface area (Å²) in [5, 5.41) is 0. The highest BCUT2D eigenvalue weighted by Crippen LogP contribution is 2.22. The van der Waals surface area contributed by atoms with Gasteiger partial charge < -0.3 is 15.2 Å². The summed E-state index contributed by atoms with van der Waals surface area (Å²) in [6.07, 6.45) is 0.807. The molecule has 0 fully saturated rings. The largest absolute Gasteiger partial charge is 0.469 e. The van der Waals surface area contributed by atoms with E-state index in [0.29, 0.717) is 6.42 Å². The van der Waals surface area contributed by atoms with Gasteiger partial charge in [0.1, 0.15) is 11.5 Å². The monoisotopic (exact) mass is 285 g/mol. The summed E-state index contributed by atoms with van der Waals surface area (Å²) < 4.78 is 10.4. The van der Waals surface area contributed by atoms with Crippen LogP contribution in [0.1, 0.15) is 12.0 Å². The second-order valence-corrected chi connectivity index (χ2v) is 4.81. The molecule has 0 radical (unpaired) electrons. The maximum Gasteiger partial charge on any atom is 0.307 e. The molecule has 0 aliphatic heterocycles. The summed E-state index contributed by atoms with van der Waals surface area (Å²) in [7, 11) is 1.36. The highest BCUT2D eigenvalue weighted by atomic mass is 16.5. The van der Waals surface area contributed by atoms with Gasteiger partial charge in [0.05, 0.1) is 13.5 Å². The molecule has 2 rings (SSSR count). The quantitative estimate of drug-likeness (QED) is 0.829. The lowest BCUT2D eigenvalue weighted by molar-refractivity contribution is -0.140. The number of para-hydroxylation sites is 1. The molecule has 2 aromatic carbocycles. The van der Waals surface area contributed by atoms with Crippen LogP contribution in [0.25, 0.3) is 0 Å². The predicted molar refractivity (Wildman–Crippen MR) is 81.3 cm³/mol. The Balaban J connectivity index is 1.99. The Bertz CT molecular complexity index is 584. The van der Waals surface area contributed by atoms with E-state index in [1.165, 1.54) is 7.11 Å². The van der Waals surface area contributed by atoms with Crippen molar-refractivity contribution >= 4 is 5.97 Å². The number of carbonyl (C=O) groups is 1. The zero-order valence-electron chi connectivity index (χ0n) is 12.0. The van der Waals surface area contributed by atoms with Crippen molar-refractivity contribution in [2.24, 2.45) is 5.73 Å². The third-order valence-electron chi connectivity index (χ3n) is 3.03. The van der Waals surface area contributed by atoms with Crippen LogP contribution in [-0.2, 0) is 16.0 Å². The van der Waals surface area contributed by atoms with E-state index in [2.05, 4.69) is 4.74 Å². The molecule has 0 saturated carbocycles. The van der Waals surface area contributed by atoms with Crippen LogP contribution in [0.3, 0.4) is 0 Å². The third-order valence-corrected chi connectivity index (χ3v) is 3.03. The average Bonchev–Trinajstić information content (AvgIpc) is 2.48. The van der Waals surface area contributed by atoms with E-state index < -0.39 is 0 Å². The summed E-state index contributed by atoms with van der Waals surface area (Å²) in [5.41, 5.74) is 6.97. The lowest BCUT2D eigenvalue weighted by Gasteiger charge is -2.11. The molecule has 1 unspecified atom stereocenters. The number of ether oxygens (including phenoxy) is 2. The van der Waals surface area contributed by atoms with Crippen LogP contribution in [0.2, 0.25) is 0 Å². The normalized spacial score (nSPS) is 11.7. The van der Waals surface area contributed by atoms with Crippen molar-refractivity contribution in [1.82, 2.24) is 0 Å². The molecule has 0 saturated heterocycles. The molecule has 110 valence electrons. The van der Waals surface area contributed by atoms with Crippen LogP contribution in [-0.4, -0.2) is 19.1 Å². The van der Waals surface area contributed by atoms with Gasteiger partial charge in [-0.2, -0.15) is 0 Å². The van der Waals surface area contributed by atoms with Gasteiger partial charge in [-0.25, -0.2) is 0 Å². The van der Waals surface area contributed by atoms with Crippen LogP contribution in [0, 0.1) is 0 Å². The Morgan fingerprint density at radius 3 is 2.52 bits per heavy atom. The SMILES string of the molecule is COC(=O)CC(N)Cc1cccc(Oc2ccccc2)c1. The molecule has 0 amide bonds. The number of benzene rings is 2. The summed E-state index contributed by atoms with van der Waals surface area (Å²) in [6, 6.07) is 17.0. The molecular weight excluding hydrogens is 266 g/mol. The maximum atomic E-state index is 11.2. The molecule has 0 aliphatic carbocycles. The first-order valence-corrected chi connectivity index (χ1v) is 6.81. The van der Waals surface area contributed by atoms with Gasteiger partial charge in [-0.15, -0.1) is 0 Å². The predicted octanol–water partition coefficient (Wildman–Crippen LogP) is 2.91. The fourth-order valence-electron chi connectivity index (χ4n) is 2.03. The number of methoxy groups -OCH3 is 1. The minimum Gasteiger partial charge on any atom is -0.469 e. The topological polar surface area (TPSA) is 61.5 Å². The third kappa shape index (κ3) is 4.93. The number of rotatable bonds is 6.